The quantitative estimate of drug-likeness (QED) is 0.592. The Morgan fingerprint density at radius 3 is 2.70 bits per heavy atom. The normalized spacial score (nSPS) is 23.8. The number of carbonyl (C=O) groups excluding carboxylic acids is 1. The fourth-order valence-electron chi connectivity index (χ4n) is 4.32. The first-order chi connectivity index (χ1) is 13.1. The smallest absolute Gasteiger partial charge is 0.293 e. The number of nitrogens with zero attached hydrogens (tertiary/aromatic N) is 4. The van der Waals surface area contributed by atoms with E-state index in [1.807, 2.05) is 0 Å². The molecule has 8 heteroatoms. The van der Waals surface area contributed by atoms with Gasteiger partial charge in [0.2, 0.25) is 0 Å². The topological polar surface area (TPSA) is 79.2 Å². The molecular weight excluding hydrogens is 348 g/mol. The number of nitro groups is 1. The van der Waals surface area contributed by atoms with Crippen LogP contribution in [0.2, 0.25) is 0 Å². The molecule has 1 aromatic carbocycles. The summed E-state index contributed by atoms with van der Waals surface area (Å²) in [6.07, 6.45) is 3.26. The number of anilines is 1. The number of rotatable bonds is 3. The number of carbonyl (C=O) groups is 1. The molecule has 146 valence electrons. The van der Waals surface area contributed by atoms with E-state index in [0.29, 0.717) is 30.9 Å². The van der Waals surface area contributed by atoms with Crippen molar-refractivity contribution in [3.05, 3.63) is 33.9 Å². The molecule has 3 heterocycles. The molecule has 3 aliphatic rings. The van der Waals surface area contributed by atoms with E-state index in [-0.39, 0.29) is 22.6 Å². The lowest BCUT2D eigenvalue weighted by molar-refractivity contribution is -0.384. The van der Waals surface area contributed by atoms with Crippen LogP contribution in [-0.2, 0) is 4.74 Å². The number of piperazine rings is 1. The maximum absolute atomic E-state index is 13.0. The highest BCUT2D eigenvalue weighted by molar-refractivity contribution is 5.96. The van der Waals surface area contributed by atoms with Crippen molar-refractivity contribution in [2.45, 2.75) is 25.3 Å². The first kappa shape index (κ1) is 18.2. The molecule has 0 radical (unpaired) electrons. The highest BCUT2D eigenvalue weighted by atomic mass is 16.6. The second-order valence-electron chi connectivity index (χ2n) is 7.52. The second-order valence-corrected chi connectivity index (χ2v) is 7.52. The number of fused-ring (bicyclic) bond motifs is 1. The van der Waals surface area contributed by atoms with E-state index in [0.717, 1.165) is 52.0 Å². The van der Waals surface area contributed by atoms with Gasteiger partial charge in [0, 0.05) is 50.9 Å². The number of benzene rings is 1. The van der Waals surface area contributed by atoms with Gasteiger partial charge in [-0.3, -0.25) is 19.8 Å². The third-order valence-electron chi connectivity index (χ3n) is 5.84. The predicted octanol–water partition coefficient (Wildman–Crippen LogP) is 1.74. The fourth-order valence-corrected chi connectivity index (χ4v) is 4.32. The van der Waals surface area contributed by atoms with Gasteiger partial charge in [-0.1, -0.05) is 0 Å². The first-order valence-corrected chi connectivity index (χ1v) is 9.78. The minimum atomic E-state index is -0.367. The van der Waals surface area contributed by atoms with Crippen LogP contribution in [0.1, 0.15) is 29.6 Å². The van der Waals surface area contributed by atoms with Crippen molar-refractivity contribution in [2.24, 2.45) is 0 Å². The van der Waals surface area contributed by atoms with Gasteiger partial charge in [-0.05, 0) is 31.4 Å². The summed E-state index contributed by atoms with van der Waals surface area (Å²) in [5.74, 6) is -0.131. The molecule has 4 rings (SSSR count). The van der Waals surface area contributed by atoms with Gasteiger partial charge in [-0.15, -0.1) is 0 Å². The Hall–Kier alpha value is -2.19. The minimum absolute atomic E-state index is 0.0300. The summed E-state index contributed by atoms with van der Waals surface area (Å²) in [6, 6.07) is 5.16. The third-order valence-corrected chi connectivity index (χ3v) is 5.84. The highest BCUT2D eigenvalue weighted by Crippen LogP contribution is 2.32. The van der Waals surface area contributed by atoms with Crippen LogP contribution in [0.15, 0.2) is 18.2 Å². The van der Waals surface area contributed by atoms with E-state index in [1.54, 1.807) is 17.0 Å². The largest absolute Gasteiger partial charge is 0.378 e. The van der Waals surface area contributed by atoms with E-state index >= 15 is 0 Å². The Morgan fingerprint density at radius 2 is 1.93 bits per heavy atom. The number of morpholine rings is 1. The Kier molecular flexibility index (Phi) is 5.27. The van der Waals surface area contributed by atoms with Crippen LogP contribution in [0.4, 0.5) is 11.4 Å². The van der Waals surface area contributed by atoms with E-state index in [9.17, 15) is 14.9 Å². The number of ether oxygens (including phenoxy) is 1. The van der Waals surface area contributed by atoms with Gasteiger partial charge in [0.05, 0.1) is 24.2 Å². The van der Waals surface area contributed by atoms with Crippen LogP contribution in [0.25, 0.3) is 0 Å². The summed E-state index contributed by atoms with van der Waals surface area (Å²) < 4.78 is 5.53. The Balaban J connectivity index is 1.53. The fraction of sp³-hybridized carbons (Fsp3) is 0.632. The number of hydrogen-bond acceptors (Lipinski definition) is 6. The van der Waals surface area contributed by atoms with Crippen molar-refractivity contribution in [1.82, 2.24) is 9.80 Å². The molecule has 0 saturated carbocycles. The van der Waals surface area contributed by atoms with Gasteiger partial charge in [0.25, 0.3) is 11.6 Å². The lowest BCUT2D eigenvalue weighted by atomic mass is 10.1. The zero-order valence-corrected chi connectivity index (χ0v) is 15.5. The number of nitro benzene ring substituents is 1. The number of piperidine rings is 1. The molecule has 1 atom stereocenters. The van der Waals surface area contributed by atoms with Gasteiger partial charge >= 0.3 is 0 Å². The van der Waals surface area contributed by atoms with Crippen LogP contribution in [-0.4, -0.2) is 79.2 Å². The molecule has 1 amide bonds. The SMILES string of the molecule is O=C(c1ccc(N2CCCCC2)c([N+](=O)[O-])c1)N1CCN2CCOC[C@H]2C1. The molecule has 3 saturated heterocycles. The average Bonchev–Trinajstić information content (AvgIpc) is 2.73. The molecule has 1 aromatic rings. The molecule has 8 nitrogen and oxygen atoms in total. The van der Waals surface area contributed by atoms with Gasteiger partial charge < -0.3 is 14.5 Å². The van der Waals surface area contributed by atoms with Crippen molar-refractivity contribution in [2.75, 3.05) is 57.4 Å². The maximum atomic E-state index is 13.0. The molecule has 0 spiro atoms. The standard InChI is InChI=1S/C19H26N4O4/c24-19(22-9-8-20-10-11-27-14-16(20)13-22)15-4-5-17(18(12-15)23(25)26)21-6-2-1-3-7-21/h4-5,12,16H,1-3,6-11,13-14H2/t16-/m1/s1. The average molecular weight is 374 g/mol. The van der Waals surface area contributed by atoms with E-state index in [1.165, 1.54) is 6.07 Å². The Morgan fingerprint density at radius 1 is 1.11 bits per heavy atom. The summed E-state index contributed by atoms with van der Waals surface area (Å²) in [4.78, 5) is 30.5. The second kappa shape index (κ2) is 7.82. The predicted molar refractivity (Wildman–Crippen MR) is 101 cm³/mol. The van der Waals surface area contributed by atoms with Crippen molar-refractivity contribution in [1.29, 1.82) is 0 Å². The molecule has 0 aliphatic carbocycles. The van der Waals surface area contributed by atoms with Crippen molar-refractivity contribution in [3.8, 4) is 0 Å². The maximum Gasteiger partial charge on any atom is 0.293 e. The molecule has 3 aliphatic heterocycles. The van der Waals surface area contributed by atoms with E-state index in [2.05, 4.69) is 9.80 Å². The van der Waals surface area contributed by atoms with Crippen LogP contribution < -0.4 is 4.90 Å². The summed E-state index contributed by atoms with van der Waals surface area (Å²) in [7, 11) is 0. The molecule has 0 bridgehead atoms. The third kappa shape index (κ3) is 3.77. The summed E-state index contributed by atoms with van der Waals surface area (Å²) in [6.45, 7) is 6.04. The highest BCUT2D eigenvalue weighted by Gasteiger charge is 2.33. The molecule has 0 aromatic heterocycles. The summed E-state index contributed by atoms with van der Waals surface area (Å²) >= 11 is 0. The summed E-state index contributed by atoms with van der Waals surface area (Å²) in [5, 5.41) is 11.6. The molecule has 3 fully saturated rings. The van der Waals surface area contributed by atoms with Crippen LogP contribution in [0, 0.1) is 10.1 Å². The van der Waals surface area contributed by atoms with Crippen LogP contribution >= 0.6 is 0 Å². The van der Waals surface area contributed by atoms with Crippen molar-refractivity contribution >= 4 is 17.3 Å². The van der Waals surface area contributed by atoms with Crippen LogP contribution in [0.5, 0.6) is 0 Å². The monoisotopic (exact) mass is 374 g/mol. The van der Waals surface area contributed by atoms with Crippen molar-refractivity contribution in [3.63, 3.8) is 0 Å². The Labute approximate surface area is 158 Å². The lowest BCUT2D eigenvalue weighted by Gasteiger charge is -2.43. The minimum Gasteiger partial charge on any atom is -0.378 e. The van der Waals surface area contributed by atoms with Gasteiger partial charge in [0.1, 0.15) is 5.69 Å². The number of amides is 1. The molecular formula is C19H26N4O4. The summed E-state index contributed by atoms with van der Waals surface area (Å²) in [5.41, 5.74) is 1.05. The zero-order valence-electron chi connectivity index (χ0n) is 15.5. The van der Waals surface area contributed by atoms with Crippen LogP contribution in [0.3, 0.4) is 0 Å². The lowest BCUT2D eigenvalue weighted by Crippen LogP contribution is -2.59. The van der Waals surface area contributed by atoms with Gasteiger partial charge in [-0.25, -0.2) is 0 Å². The molecule has 0 N–H and O–H groups in total. The van der Waals surface area contributed by atoms with E-state index < -0.39 is 0 Å². The zero-order chi connectivity index (χ0) is 18.8. The van der Waals surface area contributed by atoms with Crippen molar-refractivity contribution < 1.29 is 14.5 Å². The Bertz CT molecular complexity index is 720. The van der Waals surface area contributed by atoms with Gasteiger partial charge in [-0.2, -0.15) is 0 Å². The number of hydrogen-bond donors (Lipinski definition) is 0. The molecule has 0 unspecified atom stereocenters. The first-order valence-electron chi connectivity index (χ1n) is 9.78. The van der Waals surface area contributed by atoms with E-state index in [4.69, 9.17) is 4.74 Å². The van der Waals surface area contributed by atoms with Gasteiger partial charge in [0.15, 0.2) is 0 Å². The molecule has 27 heavy (non-hydrogen) atoms.